The summed E-state index contributed by atoms with van der Waals surface area (Å²) in [7, 11) is 0. The SMILES string of the molecule is C[C@H](NC(=O)[C@H](C)NC(=O)[C@H](CCCNC(=N)N)NC(=O)[C@H](CO)NC(=O)[C@H](CCCNC(=N)N)NC(=O)CNC(=O)[C@H](CCCNC(N)=O)NC(=O)[C@H](Cc1c[nH]c2ccccc12)NC(=O)[C@H](CCC(N)=O)NC(=O)[C@H](CC(N)=O)NC(=O)[C@H](CCC(N)=O)NC(=O)[C@@H](N)Cc1cnc[nH]1)C(=O)O. The first-order valence-electron chi connectivity index (χ1n) is 32.5. The third-order valence-electron chi connectivity index (χ3n) is 15.3. The van der Waals surface area contributed by atoms with Crippen molar-refractivity contribution in [3.63, 3.8) is 0 Å². The van der Waals surface area contributed by atoms with E-state index >= 15 is 0 Å². The quantitative estimate of drug-likeness (QED) is 0.0142. The summed E-state index contributed by atoms with van der Waals surface area (Å²) in [4.78, 5) is 222. The van der Waals surface area contributed by atoms with E-state index in [1.54, 1.807) is 24.3 Å². The lowest BCUT2D eigenvalue weighted by molar-refractivity contribution is -0.141. The van der Waals surface area contributed by atoms with Crippen LogP contribution in [0.25, 0.3) is 10.9 Å². The number of carbonyl (C=O) groups excluding carboxylic acids is 15. The van der Waals surface area contributed by atoms with Gasteiger partial charge in [0.25, 0.3) is 0 Å². The number of aliphatic carboxylic acids is 1. The van der Waals surface area contributed by atoms with Gasteiger partial charge < -0.3 is 135 Å². The van der Waals surface area contributed by atoms with Crippen molar-refractivity contribution in [1.29, 1.82) is 10.8 Å². The van der Waals surface area contributed by atoms with Crippen molar-refractivity contribution in [2.45, 2.75) is 164 Å². The van der Waals surface area contributed by atoms with Crippen molar-refractivity contribution in [2.75, 3.05) is 32.8 Å². The number of nitrogens with two attached hydrogens (primary N) is 7. The molecule has 34 N–H and O–H groups in total. The Morgan fingerprint density at radius 3 is 1.42 bits per heavy atom. The van der Waals surface area contributed by atoms with Gasteiger partial charge >= 0.3 is 12.0 Å². The normalized spacial score (nSPS) is 14.0. The molecule has 2 aromatic heterocycles. The maximum Gasteiger partial charge on any atom is 0.325 e. The molecule has 0 fully saturated rings. The van der Waals surface area contributed by atoms with Gasteiger partial charge in [0.2, 0.25) is 82.7 Å². The Morgan fingerprint density at radius 1 is 0.481 bits per heavy atom. The number of fused-ring (bicyclic) bond motifs is 1. The van der Waals surface area contributed by atoms with Crippen LogP contribution in [0, 0.1) is 10.8 Å². The van der Waals surface area contributed by atoms with Gasteiger partial charge in [-0.25, -0.2) is 9.78 Å². The molecule has 572 valence electrons. The molecule has 11 atom stereocenters. The Labute approximate surface area is 593 Å². The summed E-state index contributed by atoms with van der Waals surface area (Å²) >= 11 is 0. The maximum absolute atomic E-state index is 14.8. The number of imidazole rings is 1. The average Bonchev–Trinajstić information content (AvgIpc) is 1.63. The van der Waals surface area contributed by atoms with Crippen LogP contribution < -0.4 is 115 Å². The molecule has 104 heavy (non-hydrogen) atoms. The standard InChI is InChI=1S/C60H94N26O18/c1-28(47(92)78-29(2)57(102)103)77-50(95)37(12-6-18-72-59(67)68)82-56(101)42(26-87)86-51(96)36(11-5-17-71-58(65)66)79-46(91)25-75-49(94)35(10-7-19-73-60(69)104)81-54(99)40(20-30-23-74-34-9-4-3-8-32(30)34)84-53(98)39(14-16-44(63)89)83-55(100)41(22-45(64)90)85-52(97)38(13-15-43(62)88)80-48(93)33(61)21-31-24-70-27-76-31/h3-4,8-9,23-24,27-29,33,35-42,74,87H,5-7,10-22,25-26,61H2,1-2H3,(H2,62,88)(H2,63,89)(H2,64,90)(H,70,76)(H,75,94)(H,77,95)(H,78,92)(H,79,91)(H,80,93)(H,81,99)(H,82,101)(H,83,100)(H,84,98)(H,85,97)(H,86,96)(H,102,103)(H4,65,66,71)(H4,67,68,72)(H3,69,73,104)/t28-,29-,33-,35-,36-,37-,38-,39-,40-,41-,42-/m0/s1. The van der Waals surface area contributed by atoms with Gasteiger partial charge in [-0.3, -0.25) is 82.7 Å². The minimum Gasteiger partial charge on any atom is -0.480 e. The van der Waals surface area contributed by atoms with E-state index in [1.165, 1.54) is 32.6 Å². The van der Waals surface area contributed by atoms with Crippen molar-refractivity contribution in [1.82, 2.24) is 89.4 Å². The van der Waals surface area contributed by atoms with Crippen LogP contribution in [0.1, 0.15) is 95.7 Å². The fraction of sp³-hybridized carbons (Fsp3) is 0.517. The Kier molecular flexibility index (Phi) is 36.5. The van der Waals surface area contributed by atoms with Gasteiger partial charge in [-0.15, -0.1) is 0 Å². The number of aromatic nitrogens is 3. The van der Waals surface area contributed by atoms with Gasteiger partial charge in [0.05, 0.1) is 31.9 Å². The second kappa shape index (κ2) is 44.1. The molecule has 0 aliphatic heterocycles. The number of aliphatic hydroxyl groups excluding tert-OH is 1. The highest BCUT2D eigenvalue weighted by Crippen LogP contribution is 2.20. The third kappa shape index (κ3) is 31.9. The number of guanidine groups is 2. The van der Waals surface area contributed by atoms with Crippen molar-refractivity contribution in [3.8, 4) is 0 Å². The van der Waals surface area contributed by atoms with E-state index in [1.807, 2.05) is 0 Å². The molecule has 0 spiro atoms. The van der Waals surface area contributed by atoms with E-state index in [9.17, 15) is 86.9 Å². The number of nitrogens with one attached hydrogen (secondary N) is 18. The van der Waals surface area contributed by atoms with E-state index in [-0.39, 0.29) is 71.0 Å². The van der Waals surface area contributed by atoms with Crippen LogP contribution in [0.5, 0.6) is 0 Å². The Balaban J connectivity index is 1.96. The minimum atomic E-state index is -1.93. The number of aromatic amines is 2. The van der Waals surface area contributed by atoms with E-state index in [4.69, 9.17) is 51.0 Å². The monoisotopic (exact) mass is 1470 g/mol. The number of para-hydroxylation sites is 1. The van der Waals surface area contributed by atoms with Gasteiger partial charge in [0.1, 0.15) is 60.4 Å². The van der Waals surface area contributed by atoms with Gasteiger partial charge in [0.15, 0.2) is 11.9 Å². The minimum absolute atomic E-state index is 0.00163. The van der Waals surface area contributed by atoms with Crippen LogP contribution >= 0.6 is 0 Å². The third-order valence-corrected chi connectivity index (χ3v) is 15.3. The number of rotatable bonds is 48. The highest BCUT2D eigenvalue weighted by Gasteiger charge is 2.36. The molecular weight excluding hydrogens is 1370 g/mol. The van der Waals surface area contributed by atoms with Crippen molar-refractivity contribution in [2.24, 2.45) is 40.1 Å². The summed E-state index contributed by atoms with van der Waals surface area (Å²) in [5.41, 5.74) is 39.8. The predicted octanol–water partition coefficient (Wildman–Crippen LogP) is -10.5. The number of aliphatic hydroxyl groups is 1. The van der Waals surface area contributed by atoms with Crippen LogP contribution in [0.15, 0.2) is 43.0 Å². The van der Waals surface area contributed by atoms with Crippen molar-refractivity contribution in [3.05, 3.63) is 54.2 Å². The lowest BCUT2D eigenvalue weighted by Gasteiger charge is -2.27. The van der Waals surface area contributed by atoms with Crippen molar-refractivity contribution >= 4 is 118 Å². The van der Waals surface area contributed by atoms with E-state index in [0.29, 0.717) is 22.2 Å². The molecule has 0 bridgehead atoms. The number of hydrogen-bond donors (Lipinski definition) is 27. The first kappa shape index (κ1) is 86.0. The molecule has 0 saturated heterocycles. The Morgan fingerprint density at radius 2 is 0.923 bits per heavy atom. The zero-order chi connectivity index (χ0) is 77.8. The molecule has 3 rings (SSSR count). The van der Waals surface area contributed by atoms with Crippen LogP contribution in [-0.2, 0) is 84.8 Å². The number of carbonyl (C=O) groups is 16. The number of benzene rings is 1. The van der Waals surface area contributed by atoms with Gasteiger partial charge in [-0.2, -0.15) is 0 Å². The van der Waals surface area contributed by atoms with E-state index < -0.39 is 218 Å². The molecule has 3 aromatic rings. The topological polar surface area (TPSA) is 756 Å². The summed E-state index contributed by atoms with van der Waals surface area (Å²) in [5, 5.41) is 68.4. The summed E-state index contributed by atoms with van der Waals surface area (Å²) in [6, 6.07) is -11.8. The summed E-state index contributed by atoms with van der Waals surface area (Å²) in [6.45, 7) is 0.165. The molecule has 0 radical (unpaired) electrons. The largest absolute Gasteiger partial charge is 0.480 e. The lowest BCUT2D eigenvalue weighted by atomic mass is 10.0. The number of carboxylic acids is 1. The summed E-state index contributed by atoms with van der Waals surface area (Å²) in [5.74, 6) is -17.1. The van der Waals surface area contributed by atoms with E-state index in [0.717, 1.165) is 0 Å². The van der Waals surface area contributed by atoms with Gasteiger partial charge in [-0.05, 0) is 76.8 Å². The number of amides is 16. The van der Waals surface area contributed by atoms with E-state index in [2.05, 4.69) is 89.4 Å². The van der Waals surface area contributed by atoms with Crippen LogP contribution in [-0.4, -0.2) is 231 Å². The fourth-order valence-electron chi connectivity index (χ4n) is 9.78. The number of carboxylic acid groups (broad SMARTS) is 1. The predicted molar refractivity (Wildman–Crippen MR) is 366 cm³/mol. The molecule has 0 aliphatic carbocycles. The van der Waals surface area contributed by atoms with Crippen LogP contribution in [0.4, 0.5) is 4.79 Å². The van der Waals surface area contributed by atoms with Crippen molar-refractivity contribution < 1.29 is 86.9 Å². The molecule has 1 aromatic carbocycles. The average molecular weight is 1470 g/mol. The number of H-pyrrole nitrogens is 2. The lowest BCUT2D eigenvalue weighted by Crippen LogP contribution is -2.60. The summed E-state index contributed by atoms with van der Waals surface area (Å²) < 4.78 is 0. The second-order valence-electron chi connectivity index (χ2n) is 23.8. The number of primary amides is 4. The molecular formula is C60H94N26O18. The first-order chi connectivity index (χ1) is 49.1. The van der Waals surface area contributed by atoms with Gasteiger partial charge in [-0.1, -0.05) is 18.2 Å². The molecule has 2 heterocycles. The maximum atomic E-state index is 14.8. The second-order valence-corrected chi connectivity index (χ2v) is 23.8. The van der Waals surface area contributed by atoms with Gasteiger partial charge in [0, 0.05) is 74.3 Å². The smallest absolute Gasteiger partial charge is 0.325 e. The highest BCUT2D eigenvalue weighted by molar-refractivity contribution is 6.00. The van der Waals surface area contributed by atoms with Crippen LogP contribution in [0.3, 0.4) is 0 Å². The molecule has 16 amide bonds. The molecule has 44 nitrogen and oxygen atoms in total. The molecule has 0 saturated carbocycles. The zero-order valence-electron chi connectivity index (χ0n) is 57.0. The highest BCUT2D eigenvalue weighted by atomic mass is 16.4. The first-order valence-corrected chi connectivity index (χ1v) is 32.5. The molecule has 44 heteroatoms. The number of urea groups is 1. The fourth-order valence-corrected chi connectivity index (χ4v) is 9.78. The number of hydrogen-bond acceptors (Lipinski definition) is 21. The molecule has 0 unspecified atom stereocenters. The number of nitrogens with zero attached hydrogens (tertiary/aromatic N) is 1. The molecule has 0 aliphatic rings. The Hall–Kier alpha value is -12.2. The van der Waals surface area contributed by atoms with Crippen LogP contribution in [0.2, 0.25) is 0 Å². The zero-order valence-corrected chi connectivity index (χ0v) is 57.0. The summed E-state index contributed by atoms with van der Waals surface area (Å²) in [6.07, 6.45) is -0.0375. The Bertz CT molecular complexity index is 3540.